The molecule has 0 spiro atoms. The Morgan fingerprint density at radius 3 is 1.41 bits per heavy atom. The zero-order valence-corrected chi connectivity index (χ0v) is 20.6. The lowest BCUT2D eigenvalue weighted by Crippen LogP contribution is -2.35. The second-order valence-corrected chi connectivity index (χ2v) is 11.2. The first-order valence-electron chi connectivity index (χ1n) is 11.8. The lowest BCUT2D eigenvalue weighted by molar-refractivity contribution is -0.121. The summed E-state index contributed by atoms with van der Waals surface area (Å²) in [4.78, 5) is 46.0. The van der Waals surface area contributed by atoms with Gasteiger partial charge in [0.15, 0.2) is 0 Å². The molecule has 2 aliphatic rings. The number of likely N-dealkylation sites (tertiary alicyclic amines) is 2. The van der Waals surface area contributed by atoms with E-state index in [1.807, 2.05) is 47.9 Å². The van der Waals surface area contributed by atoms with Gasteiger partial charge in [-0.1, -0.05) is 13.8 Å². The van der Waals surface area contributed by atoms with Gasteiger partial charge in [-0.3, -0.25) is 14.4 Å². The number of carbonyl (C=O) groups is 3. The molecule has 2 aromatic rings. The van der Waals surface area contributed by atoms with Gasteiger partial charge in [0, 0.05) is 47.8 Å². The third kappa shape index (κ3) is 4.99. The Morgan fingerprint density at radius 1 is 0.656 bits per heavy atom. The molecule has 32 heavy (non-hydrogen) atoms. The maximum atomic E-state index is 13.2. The van der Waals surface area contributed by atoms with Gasteiger partial charge in [-0.25, -0.2) is 0 Å². The molecule has 2 saturated heterocycles. The maximum Gasteiger partial charge on any atom is 0.263 e. The largest absolute Gasteiger partial charge is 0.338 e. The molecule has 0 aliphatic carbocycles. The fourth-order valence-corrected chi connectivity index (χ4v) is 6.63. The third-order valence-corrected chi connectivity index (χ3v) is 9.18. The minimum Gasteiger partial charge on any atom is -0.338 e. The summed E-state index contributed by atoms with van der Waals surface area (Å²) in [5, 5.41) is 0. The summed E-state index contributed by atoms with van der Waals surface area (Å²) in [5.41, 5.74) is 0. The molecule has 0 saturated carbocycles. The van der Waals surface area contributed by atoms with Gasteiger partial charge in [-0.15, -0.1) is 22.7 Å². The van der Waals surface area contributed by atoms with Crippen molar-refractivity contribution in [3.05, 3.63) is 43.8 Å². The van der Waals surface area contributed by atoms with Gasteiger partial charge in [-0.05, 0) is 62.8 Å². The van der Waals surface area contributed by atoms with Gasteiger partial charge >= 0.3 is 0 Å². The van der Waals surface area contributed by atoms with Crippen molar-refractivity contribution in [2.45, 2.75) is 64.2 Å². The van der Waals surface area contributed by atoms with E-state index in [-0.39, 0.29) is 29.4 Å². The maximum absolute atomic E-state index is 13.2. The van der Waals surface area contributed by atoms with Gasteiger partial charge in [-0.2, -0.15) is 0 Å². The van der Waals surface area contributed by atoms with Crippen molar-refractivity contribution in [2.75, 3.05) is 26.2 Å². The highest BCUT2D eigenvalue weighted by molar-refractivity contribution is 7.14. The number of carbonyl (C=O) groups excluding carboxylic acids is 3. The van der Waals surface area contributed by atoms with E-state index in [4.69, 9.17) is 0 Å². The highest BCUT2D eigenvalue weighted by atomic mass is 32.1. The molecule has 2 fully saturated rings. The minimum absolute atomic E-state index is 0.0905. The Hall–Kier alpha value is -1.99. The molecular weight excluding hydrogens is 440 g/mol. The van der Waals surface area contributed by atoms with Gasteiger partial charge in [0.05, 0.1) is 9.75 Å². The average molecular weight is 473 g/mol. The van der Waals surface area contributed by atoms with Crippen LogP contribution in [0.1, 0.15) is 93.3 Å². The van der Waals surface area contributed by atoms with Crippen molar-refractivity contribution in [1.29, 1.82) is 0 Å². The number of rotatable bonds is 6. The molecule has 0 N–H and O–H groups in total. The van der Waals surface area contributed by atoms with Crippen molar-refractivity contribution in [3.63, 3.8) is 0 Å². The number of hydrogen-bond acceptors (Lipinski definition) is 5. The van der Waals surface area contributed by atoms with Crippen LogP contribution in [-0.2, 0) is 4.79 Å². The molecule has 2 aromatic heterocycles. The molecule has 7 heteroatoms. The number of Topliss-reactive ketones (excluding diaryl/α,β-unsaturated/α-hetero) is 1. The number of amides is 2. The zero-order chi connectivity index (χ0) is 22.7. The Bertz CT molecular complexity index is 891. The van der Waals surface area contributed by atoms with Crippen LogP contribution in [0.3, 0.4) is 0 Å². The second kappa shape index (κ2) is 10.3. The molecule has 0 bridgehead atoms. The van der Waals surface area contributed by atoms with E-state index in [0.29, 0.717) is 0 Å². The van der Waals surface area contributed by atoms with Crippen LogP contribution in [0.4, 0.5) is 0 Å². The lowest BCUT2D eigenvalue weighted by Gasteiger charge is -2.26. The van der Waals surface area contributed by atoms with Crippen molar-refractivity contribution in [3.8, 4) is 0 Å². The predicted octanol–water partition coefficient (Wildman–Crippen LogP) is 5.54. The van der Waals surface area contributed by atoms with Gasteiger partial charge in [0.2, 0.25) is 0 Å². The highest BCUT2D eigenvalue weighted by Crippen LogP contribution is 2.34. The number of ketones is 1. The average Bonchev–Trinajstić information content (AvgIpc) is 3.53. The quantitative estimate of drug-likeness (QED) is 0.555. The van der Waals surface area contributed by atoms with Crippen molar-refractivity contribution < 1.29 is 14.4 Å². The van der Waals surface area contributed by atoms with Gasteiger partial charge in [0.1, 0.15) is 5.78 Å². The van der Waals surface area contributed by atoms with E-state index in [0.717, 1.165) is 71.4 Å². The first-order chi connectivity index (χ1) is 15.5. The summed E-state index contributed by atoms with van der Waals surface area (Å²) >= 11 is 2.89. The van der Waals surface area contributed by atoms with Crippen LogP contribution in [0.2, 0.25) is 0 Å². The summed E-state index contributed by atoms with van der Waals surface area (Å²) in [6, 6.07) is 7.59. The topological polar surface area (TPSA) is 57.7 Å². The highest BCUT2D eigenvalue weighted by Gasteiger charge is 2.28. The summed E-state index contributed by atoms with van der Waals surface area (Å²) in [7, 11) is 0. The molecule has 2 aliphatic heterocycles. The molecule has 4 rings (SSSR count). The Morgan fingerprint density at radius 2 is 1.03 bits per heavy atom. The number of thiophene rings is 2. The third-order valence-electron chi connectivity index (χ3n) is 6.67. The molecule has 2 unspecified atom stereocenters. The van der Waals surface area contributed by atoms with E-state index >= 15 is 0 Å². The van der Waals surface area contributed by atoms with E-state index in [1.54, 1.807) is 0 Å². The Kier molecular flexibility index (Phi) is 7.46. The van der Waals surface area contributed by atoms with E-state index in [1.165, 1.54) is 35.5 Å². The molecule has 172 valence electrons. The first kappa shape index (κ1) is 23.2. The lowest BCUT2D eigenvalue weighted by atomic mass is 9.93. The normalized spacial score (nSPS) is 18.9. The summed E-state index contributed by atoms with van der Waals surface area (Å²) in [6.07, 6.45) is 6.66. The summed E-state index contributed by atoms with van der Waals surface area (Å²) in [6.45, 7) is 7.16. The van der Waals surface area contributed by atoms with Crippen LogP contribution >= 0.6 is 22.7 Å². The van der Waals surface area contributed by atoms with Crippen LogP contribution in [0.5, 0.6) is 0 Å². The van der Waals surface area contributed by atoms with Crippen LogP contribution in [-0.4, -0.2) is 53.6 Å². The monoisotopic (exact) mass is 472 g/mol. The van der Waals surface area contributed by atoms with Crippen molar-refractivity contribution in [1.82, 2.24) is 9.80 Å². The smallest absolute Gasteiger partial charge is 0.263 e. The molecule has 4 heterocycles. The molecule has 2 atom stereocenters. The molecule has 2 amide bonds. The SMILES string of the molecule is CC(C(=O)C(C)c1ccc(C(=O)N2CCCCC2)s1)c1ccc(C(=O)N2CCCCC2)s1. The summed E-state index contributed by atoms with van der Waals surface area (Å²) in [5.74, 6) is -0.245. The van der Waals surface area contributed by atoms with Gasteiger partial charge < -0.3 is 9.80 Å². The number of hydrogen-bond donors (Lipinski definition) is 0. The van der Waals surface area contributed by atoms with E-state index in [2.05, 4.69) is 0 Å². The Balaban J connectivity index is 1.40. The first-order valence-corrected chi connectivity index (χ1v) is 13.4. The van der Waals surface area contributed by atoms with Crippen LogP contribution < -0.4 is 0 Å². The van der Waals surface area contributed by atoms with Crippen LogP contribution in [0, 0.1) is 0 Å². The van der Waals surface area contributed by atoms with E-state index < -0.39 is 0 Å². The second-order valence-electron chi connectivity index (χ2n) is 8.96. The van der Waals surface area contributed by atoms with Crippen LogP contribution in [0.15, 0.2) is 24.3 Å². The minimum atomic E-state index is -0.277. The summed E-state index contributed by atoms with van der Waals surface area (Å²) < 4.78 is 0. The molecule has 0 radical (unpaired) electrons. The zero-order valence-electron chi connectivity index (χ0n) is 19.0. The fraction of sp³-hybridized carbons (Fsp3) is 0.560. The van der Waals surface area contributed by atoms with Crippen molar-refractivity contribution in [2.24, 2.45) is 0 Å². The van der Waals surface area contributed by atoms with Crippen molar-refractivity contribution >= 4 is 40.3 Å². The predicted molar refractivity (Wildman–Crippen MR) is 130 cm³/mol. The molecule has 0 aromatic carbocycles. The Labute approximate surface area is 198 Å². The fourth-order valence-electron chi connectivity index (χ4n) is 4.56. The molecular formula is C25H32N2O3S2. The number of nitrogens with zero attached hydrogens (tertiary/aromatic N) is 2. The number of piperidine rings is 2. The van der Waals surface area contributed by atoms with E-state index in [9.17, 15) is 14.4 Å². The molecule has 5 nitrogen and oxygen atoms in total. The van der Waals surface area contributed by atoms with Crippen LogP contribution in [0.25, 0.3) is 0 Å². The van der Waals surface area contributed by atoms with Gasteiger partial charge in [0.25, 0.3) is 11.8 Å². The standard InChI is InChI=1S/C25H32N2O3S2/c1-17(19-9-11-21(31-19)24(29)26-13-5-3-6-14-26)23(28)18(2)20-10-12-22(32-20)25(30)27-15-7-4-8-16-27/h9-12,17-18H,3-8,13-16H2,1-2H3.